The molecule has 0 saturated heterocycles. The molecule has 1 rings (SSSR count). The molecule has 3 heteroatoms. The Morgan fingerprint density at radius 3 is 2.38 bits per heavy atom. The van der Waals surface area contributed by atoms with Gasteiger partial charge in [-0.2, -0.15) is 0 Å². The van der Waals surface area contributed by atoms with Crippen molar-refractivity contribution >= 4 is 0 Å². The molecule has 0 spiro atoms. The highest BCUT2D eigenvalue weighted by Gasteiger charge is 2.14. The predicted octanol–water partition coefficient (Wildman–Crippen LogP) is 1.77. The quantitative estimate of drug-likeness (QED) is 0.817. The number of rotatable bonds is 4. The Kier molecular flexibility index (Phi) is 3.94. The van der Waals surface area contributed by atoms with E-state index in [0.29, 0.717) is 18.7 Å². The van der Waals surface area contributed by atoms with E-state index in [1.54, 1.807) is 19.9 Å². The van der Waals surface area contributed by atoms with Crippen LogP contribution in [0.1, 0.15) is 25.0 Å². The van der Waals surface area contributed by atoms with Crippen molar-refractivity contribution in [3.63, 3.8) is 0 Å². The number of benzene rings is 1. The number of hydrogen-bond donors (Lipinski definition) is 2. The van der Waals surface area contributed by atoms with Gasteiger partial charge >= 0.3 is 0 Å². The van der Waals surface area contributed by atoms with Gasteiger partial charge in [0.2, 0.25) is 0 Å². The minimum atomic E-state index is -0.716. The fraction of sp³-hybridized carbons (Fsp3) is 0.538. The van der Waals surface area contributed by atoms with Crippen molar-refractivity contribution in [2.75, 3.05) is 14.1 Å². The molecule has 0 atom stereocenters. The van der Waals surface area contributed by atoms with Crippen LogP contribution in [0, 0.1) is 0 Å². The van der Waals surface area contributed by atoms with Gasteiger partial charge in [-0.25, -0.2) is 0 Å². The first-order chi connectivity index (χ1) is 7.28. The van der Waals surface area contributed by atoms with Gasteiger partial charge in [0.25, 0.3) is 0 Å². The van der Waals surface area contributed by atoms with Crippen molar-refractivity contribution in [1.29, 1.82) is 0 Å². The zero-order chi connectivity index (χ0) is 12.3. The second kappa shape index (κ2) is 4.85. The second-order valence-corrected chi connectivity index (χ2v) is 5.19. The van der Waals surface area contributed by atoms with Gasteiger partial charge in [-0.15, -0.1) is 0 Å². The molecule has 0 aromatic heterocycles. The topological polar surface area (TPSA) is 43.7 Å². The van der Waals surface area contributed by atoms with Crippen LogP contribution in [0.2, 0.25) is 0 Å². The van der Waals surface area contributed by atoms with Crippen LogP contribution in [0.25, 0.3) is 0 Å². The molecule has 0 heterocycles. The lowest BCUT2D eigenvalue weighted by Gasteiger charge is -2.18. The summed E-state index contributed by atoms with van der Waals surface area (Å²) in [4.78, 5) is 2.00. The Morgan fingerprint density at radius 2 is 1.88 bits per heavy atom. The number of phenols is 1. The molecular formula is C13H21NO2. The monoisotopic (exact) mass is 223 g/mol. The smallest absolute Gasteiger partial charge is 0.120 e. The van der Waals surface area contributed by atoms with E-state index in [-0.39, 0.29) is 0 Å². The van der Waals surface area contributed by atoms with E-state index in [1.807, 2.05) is 31.1 Å². The average Bonchev–Trinajstić information content (AvgIpc) is 2.07. The first-order valence-corrected chi connectivity index (χ1v) is 5.46. The van der Waals surface area contributed by atoms with E-state index in [4.69, 9.17) is 0 Å². The molecule has 2 N–H and O–H groups in total. The van der Waals surface area contributed by atoms with Crippen LogP contribution in [0.5, 0.6) is 5.75 Å². The van der Waals surface area contributed by atoms with E-state index in [0.717, 1.165) is 11.1 Å². The third-order valence-corrected chi connectivity index (χ3v) is 2.27. The lowest BCUT2D eigenvalue weighted by atomic mass is 9.97. The van der Waals surface area contributed by atoms with E-state index in [9.17, 15) is 10.2 Å². The lowest BCUT2D eigenvalue weighted by molar-refractivity contribution is 0.0809. The normalized spacial score (nSPS) is 12.1. The third-order valence-electron chi connectivity index (χ3n) is 2.27. The Labute approximate surface area is 97.3 Å². The van der Waals surface area contributed by atoms with Gasteiger partial charge in [-0.1, -0.05) is 12.1 Å². The van der Waals surface area contributed by atoms with Gasteiger partial charge in [-0.05, 0) is 39.6 Å². The fourth-order valence-electron chi connectivity index (χ4n) is 1.72. The van der Waals surface area contributed by atoms with E-state index < -0.39 is 5.60 Å². The summed E-state index contributed by atoms with van der Waals surface area (Å²) in [5.74, 6) is 0.313. The number of aliphatic hydroxyl groups is 1. The molecule has 0 amide bonds. The van der Waals surface area contributed by atoms with Crippen LogP contribution >= 0.6 is 0 Å². The Hall–Kier alpha value is -1.06. The Balaban J connectivity index is 2.89. The van der Waals surface area contributed by atoms with Gasteiger partial charge in [0.05, 0.1) is 5.60 Å². The summed E-state index contributed by atoms with van der Waals surface area (Å²) < 4.78 is 0. The van der Waals surface area contributed by atoms with Crippen molar-refractivity contribution in [3.8, 4) is 5.75 Å². The number of phenolic OH excluding ortho intramolecular Hbond substituents is 1. The molecule has 0 aliphatic carbocycles. The van der Waals surface area contributed by atoms with E-state index in [1.165, 1.54) is 0 Å². The van der Waals surface area contributed by atoms with Crippen LogP contribution < -0.4 is 0 Å². The second-order valence-electron chi connectivity index (χ2n) is 5.19. The van der Waals surface area contributed by atoms with Crippen molar-refractivity contribution in [3.05, 3.63) is 29.3 Å². The molecule has 90 valence electrons. The highest BCUT2D eigenvalue weighted by Crippen LogP contribution is 2.22. The van der Waals surface area contributed by atoms with Crippen LogP contribution in [0.15, 0.2) is 18.2 Å². The maximum absolute atomic E-state index is 9.74. The molecule has 0 unspecified atom stereocenters. The predicted molar refractivity (Wildman–Crippen MR) is 65.5 cm³/mol. The summed E-state index contributed by atoms with van der Waals surface area (Å²) >= 11 is 0. The van der Waals surface area contributed by atoms with Crippen molar-refractivity contribution in [2.45, 2.75) is 32.4 Å². The van der Waals surface area contributed by atoms with Crippen LogP contribution in [-0.4, -0.2) is 34.8 Å². The van der Waals surface area contributed by atoms with Gasteiger partial charge in [0.15, 0.2) is 0 Å². The fourth-order valence-corrected chi connectivity index (χ4v) is 1.72. The summed E-state index contributed by atoms with van der Waals surface area (Å²) in [5, 5.41) is 19.4. The molecule has 0 aliphatic rings. The van der Waals surface area contributed by atoms with Crippen molar-refractivity contribution < 1.29 is 10.2 Å². The molecule has 1 aromatic carbocycles. The number of hydrogen-bond acceptors (Lipinski definition) is 3. The molecule has 0 aliphatic heterocycles. The first-order valence-electron chi connectivity index (χ1n) is 5.46. The van der Waals surface area contributed by atoms with E-state index >= 15 is 0 Å². The highest BCUT2D eigenvalue weighted by molar-refractivity contribution is 5.36. The minimum Gasteiger partial charge on any atom is -0.508 e. The summed E-state index contributed by atoms with van der Waals surface area (Å²) in [5.41, 5.74) is 1.22. The number of nitrogens with zero attached hydrogens (tertiary/aromatic N) is 1. The third kappa shape index (κ3) is 4.21. The summed E-state index contributed by atoms with van der Waals surface area (Å²) in [6, 6.07) is 5.50. The van der Waals surface area contributed by atoms with Crippen molar-refractivity contribution in [1.82, 2.24) is 4.90 Å². The minimum absolute atomic E-state index is 0.313. The molecule has 16 heavy (non-hydrogen) atoms. The molecule has 0 bridgehead atoms. The molecule has 0 radical (unpaired) electrons. The zero-order valence-electron chi connectivity index (χ0n) is 10.5. The molecule has 1 aromatic rings. The SMILES string of the molecule is CN(C)Cc1cc(CC(C)(C)O)ccc1O. The summed E-state index contributed by atoms with van der Waals surface area (Å²) in [7, 11) is 3.92. The maximum atomic E-state index is 9.74. The number of aromatic hydroxyl groups is 1. The molecule has 3 nitrogen and oxygen atoms in total. The largest absolute Gasteiger partial charge is 0.508 e. The summed E-state index contributed by atoms with van der Waals surface area (Å²) in [6.07, 6.45) is 0.591. The van der Waals surface area contributed by atoms with Crippen molar-refractivity contribution in [2.24, 2.45) is 0 Å². The standard InChI is InChI=1S/C13H21NO2/c1-13(2,16)8-10-5-6-12(15)11(7-10)9-14(3)4/h5-7,15-16H,8-9H2,1-4H3. The zero-order valence-corrected chi connectivity index (χ0v) is 10.5. The average molecular weight is 223 g/mol. The van der Waals surface area contributed by atoms with Gasteiger partial charge in [0, 0.05) is 18.5 Å². The van der Waals surface area contributed by atoms with Crippen LogP contribution in [0.4, 0.5) is 0 Å². The van der Waals surface area contributed by atoms with Gasteiger partial charge in [-0.3, -0.25) is 0 Å². The Morgan fingerprint density at radius 1 is 1.25 bits per heavy atom. The van der Waals surface area contributed by atoms with Crippen LogP contribution in [0.3, 0.4) is 0 Å². The van der Waals surface area contributed by atoms with Gasteiger partial charge in [0.1, 0.15) is 5.75 Å². The maximum Gasteiger partial charge on any atom is 0.120 e. The molecular weight excluding hydrogens is 202 g/mol. The van der Waals surface area contributed by atoms with Crippen LogP contribution in [-0.2, 0) is 13.0 Å². The van der Waals surface area contributed by atoms with Gasteiger partial charge < -0.3 is 15.1 Å². The highest BCUT2D eigenvalue weighted by atomic mass is 16.3. The molecule has 0 saturated carbocycles. The van der Waals surface area contributed by atoms with E-state index in [2.05, 4.69) is 0 Å². The first kappa shape index (κ1) is 13.0. The summed E-state index contributed by atoms with van der Waals surface area (Å²) in [6.45, 7) is 4.27. The molecule has 0 fully saturated rings. The lowest BCUT2D eigenvalue weighted by Crippen LogP contribution is -2.22. The Bertz CT molecular complexity index is 353.